The maximum atomic E-state index is 14.4. The number of benzene rings is 1. The normalized spacial score (nSPS) is 17.2. The van der Waals surface area contributed by atoms with Gasteiger partial charge in [0.15, 0.2) is 10.9 Å². The van der Waals surface area contributed by atoms with E-state index in [9.17, 15) is 22.0 Å². The molecule has 2 aromatic heterocycles. The second-order valence-corrected chi connectivity index (χ2v) is 13.3. The highest BCUT2D eigenvalue weighted by molar-refractivity contribution is 7.91. The molecule has 1 unspecified atom stereocenters. The molecule has 4 rings (SSSR count). The van der Waals surface area contributed by atoms with Gasteiger partial charge < -0.3 is 4.90 Å². The Morgan fingerprint density at radius 1 is 1.17 bits per heavy atom. The summed E-state index contributed by atoms with van der Waals surface area (Å²) >= 11 is 7.95. The number of thiophene rings is 1. The Bertz CT molecular complexity index is 1340. The number of fused-ring (bicyclic) bond motifs is 1. The average molecular weight is 577 g/mol. The van der Waals surface area contributed by atoms with Crippen molar-refractivity contribution < 1.29 is 22.0 Å². The molecule has 13 heteroatoms. The number of carbonyl (C=O) groups excluding carboxylic acids is 1. The molecular formula is C23H27ClF2N4O3S3. The van der Waals surface area contributed by atoms with Gasteiger partial charge in [0.25, 0.3) is 10.0 Å². The zero-order valence-corrected chi connectivity index (χ0v) is 23.1. The molecular weight excluding hydrogens is 550 g/mol. The maximum Gasteiger partial charge on any atom is 0.253 e. The molecule has 0 spiro atoms. The van der Waals surface area contributed by atoms with Gasteiger partial charge >= 0.3 is 0 Å². The predicted octanol–water partition coefficient (Wildman–Crippen LogP) is 5.21. The van der Waals surface area contributed by atoms with E-state index in [1.807, 2.05) is 13.8 Å². The minimum Gasteiger partial charge on any atom is -0.302 e. The standard InChI is InChI=1S/C23H27ClF2N4O3S3/c1-3-28(4-2)11-12-29(23-27-21-16(26)13-15(25)14-18(21)34-23)22(31)17-7-5-6-10-30(17)36(32,33)20-9-8-19(24)35-20/h8-9,13-14,17H,3-7,10-12H2,1-2H3. The van der Waals surface area contributed by atoms with E-state index in [-0.39, 0.29) is 32.6 Å². The second-order valence-electron chi connectivity index (χ2n) is 8.43. The molecule has 7 nitrogen and oxygen atoms in total. The fourth-order valence-electron chi connectivity index (χ4n) is 4.31. The monoisotopic (exact) mass is 576 g/mol. The predicted molar refractivity (Wildman–Crippen MR) is 141 cm³/mol. The van der Waals surface area contributed by atoms with Gasteiger partial charge in [-0.2, -0.15) is 4.31 Å². The average Bonchev–Trinajstić information content (AvgIpc) is 3.48. The number of amides is 1. The van der Waals surface area contributed by atoms with Gasteiger partial charge in [-0.05, 0) is 44.1 Å². The van der Waals surface area contributed by atoms with Gasteiger partial charge in [-0.25, -0.2) is 22.2 Å². The molecule has 3 aromatic rings. The Kier molecular flexibility index (Phi) is 8.63. The fourth-order valence-corrected chi connectivity index (χ4v) is 8.61. The Balaban J connectivity index is 1.72. The van der Waals surface area contributed by atoms with Crippen LogP contribution in [-0.4, -0.2) is 67.3 Å². The van der Waals surface area contributed by atoms with Crippen LogP contribution < -0.4 is 4.90 Å². The van der Waals surface area contributed by atoms with E-state index >= 15 is 0 Å². The number of halogens is 3. The summed E-state index contributed by atoms with van der Waals surface area (Å²) in [4.78, 5) is 21.9. The van der Waals surface area contributed by atoms with Crippen molar-refractivity contribution in [2.45, 2.75) is 43.4 Å². The van der Waals surface area contributed by atoms with E-state index in [1.54, 1.807) is 0 Å². The number of hydrogen-bond acceptors (Lipinski definition) is 7. The van der Waals surface area contributed by atoms with Gasteiger partial charge in [-0.3, -0.25) is 9.69 Å². The van der Waals surface area contributed by atoms with E-state index in [4.69, 9.17) is 11.6 Å². The molecule has 0 bridgehead atoms. The Hall–Kier alpha value is -1.70. The number of hydrogen-bond donors (Lipinski definition) is 0. The Morgan fingerprint density at radius 3 is 2.58 bits per heavy atom. The first kappa shape index (κ1) is 27.3. The third kappa shape index (κ3) is 5.58. The topological polar surface area (TPSA) is 73.8 Å². The lowest BCUT2D eigenvalue weighted by Gasteiger charge is -2.36. The van der Waals surface area contributed by atoms with Crippen molar-refractivity contribution in [1.29, 1.82) is 0 Å². The van der Waals surface area contributed by atoms with Crippen molar-refractivity contribution in [3.05, 3.63) is 40.2 Å². The molecule has 1 aromatic carbocycles. The largest absolute Gasteiger partial charge is 0.302 e. The lowest BCUT2D eigenvalue weighted by molar-refractivity contribution is -0.123. The number of sulfonamides is 1. The van der Waals surface area contributed by atoms with Crippen LogP contribution in [0, 0.1) is 11.6 Å². The van der Waals surface area contributed by atoms with Crippen molar-refractivity contribution in [3.8, 4) is 0 Å². The lowest BCUT2D eigenvalue weighted by Crippen LogP contribution is -2.54. The Labute approximate surface area is 222 Å². The summed E-state index contributed by atoms with van der Waals surface area (Å²) in [6.07, 6.45) is 1.68. The molecule has 1 atom stereocenters. The number of rotatable bonds is 9. The molecule has 1 aliphatic rings. The summed E-state index contributed by atoms with van der Waals surface area (Å²) in [5.74, 6) is -1.96. The van der Waals surface area contributed by atoms with Crippen LogP contribution in [0.2, 0.25) is 4.34 Å². The first-order valence-electron chi connectivity index (χ1n) is 11.7. The number of carbonyl (C=O) groups is 1. The summed E-state index contributed by atoms with van der Waals surface area (Å²) in [6, 6.07) is 3.97. The van der Waals surface area contributed by atoms with Crippen LogP contribution in [0.5, 0.6) is 0 Å². The summed E-state index contributed by atoms with van der Waals surface area (Å²) in [7, 11) is -3.95. The number of aromatic nitrogens is 1. The highest BCUT2D eigenvalue weighted by atomic mass is 35.5. The number of piperidine rings is 1. The van der Waals surface area contributed by atoms with Crippen molar-refractivity contribution in [1.82, 2.24) is 14.2 Å². The van der Waals surface area contributed by atoms with Crippen LogP contribution in [0.4, 0.5) is 13.9 Å². The van der Waals surface area contributed by atoms with E-state index in [0.29, 0.717) is 30.1 Å². The molecule has 3 heterocycles. The molecule has 1 amide bonds. The van der Waals surface area contributed by atoms with Crippen molar-refractivity contribution in [2.24, 2.45) is 0 Å². The highest BCUT2D eigenvalue weighted by Gasteiger charge is 2.41. The third-order valence-electron chi connectivity index (χ3n) is 6.28. The van der Waals surface area contributed by atoms with Gasteiger partial charge in [-0.15, -0.1) is 11.3 Å². The van der Waals surface area contributed by atoms with Gasteiger partial charge in [0, 0.05) is 25.7 Å². The van der Waals surface area contributed by atoms with Crippen LogP contribution in [0.3, 0.4) is 0 Å². The number of likely N-dealkylation sites (N-methyl/N-ethyl adjacent to an activating group) is 1. The minimum absolute atomic E-state index is 0.0154. The smallest absolute Gasteiger partial charge is 0.253 e. The quantitative estimate of drug-likeness (QED) is 0.350. The van der Waals surface area contributed by atoms with Crippen LogP contribution in [0.15, 0.2) is 28.5 Å². The summed E-state index contributed by atoms with van der Waals surface area (Å²) in [6.45, 7) is 6.51. The minimum atomic E-state index is -3.95. The first-order valence-corrected chi connectivity index (χ1v) is 15.2. The molecule has 0 aliphatic carbocycles. The molecule has 36 heavy (non-hydrogen) atoms. The fraction of sp³-hybridized carbons (Fsp3) is 0.478. The highest BCUT2D eigenvalue weighted by Crippen LogP contribution is 2.35. The van der Waals surface area contributed by atoms with Crippen molar-refractivity contribution >= 4 is 65.6 Å². The maximum absolute atomic E-state index is 14.4. The van der Waals surface area contributed by atoms with Crippen molar-refractivity contribution in [2.75, 3.05) is 37.6 Å². The second kappa shape index (κ2) is 11.4. The molecule has 1 aliphatic heterocycles. The number of anilines is 1. The molecule has 0 N–H and O–H groups in total. The van der Waals surface area contributed by atoms with E-state index in [1.165, 1.54) is 27.4 Å². The zero-order valence-electron chi connectivity index (χ0n) is 19.9. The molecule has 196 valence electrons. The zero-order chi connectivity index (χ0) is 26.0. The molecule has 0 radical (unpaired) electrons. The van der Waals surface area contributed by atoms with Gasteiger partial charge in [0.05, 0.1) is 9.04 Å². The van der Waals surface area contributed by atoms with Crippen LogP contribution in [0.1, 0.15) is 33.1 Å². The summed E-state index contributed by atoms with van der Waals surface area (Å²) in [5, 5.41) is 0.216. The SMILES string of the molecule is CCN(CC)CCN(C(=O)C1CCCCN1S(=O)(=O)c1ccc(Cl)s1)c1nc2c(F)cc(F)cc2s1. The third-order valence-corrected chi connectivity index (χ3v) is 10.9. The van der Waals surface area contributed by atoms with Gasteiger partial charge in [0.1, 0.15) is 21.6 Å². The summed E-state index contributed by atoms with van der Waals surface area (Å²) in [5.41, 5.74) is -0.0154. The van der Waals surface area contributed by atoms with Crippen molar-refractivity contribution in [3.63, 3.8) is 0 Å². The first-order chi connectivity index (χ1) is 17.1. The van der Waals surface area contributed by atoms with Gasteiger partial charge in [0.2, 0.25) is 5.91 Å². The van der Waals surface area contributed by atoms with E-state index in [2.05, 4.69) is 9.88 Å². The number of nitrogens with zero attached hydrogens (tertiary/aromatic N) is 4. The van der Waals surface area contributed by atoms with Gasteiger partial charge in [-0.1, -0.05) is 43.2 Å². The summed E-state index contributed by atoms with van der Waals surface area (Å²) < 4.78 is 57.1. The Morgan fingerprint density at radius 2 is 1.92 bits per heavy atom. The van der Waals surface area contributed by atoms with Crippen LogP contribution in [-0.2, 0) is 14.8 Å². The lowest BCUT2D eigenvalue weighted by atomic mass is 10.0. The number of thiazole rings is 1. The van der Waals surface area contributed by atoms with Crippen LogP contribution in [0.25, 0.3) is 10.2 Å². The van der Waals surface area contributed by atoms with Crippen LogP contribution >= 0.6 is 34.3 Å². The van der Waals surface area contributed by atoms with E-state index < -0.39 is 33.6 Å². The molecule has 1 saturated heterocycles. The molecule has 1 fully saturated rings. The molecule has 0 saturated carbocycles. The van der Waals surface area contributed by atoms with E-state index in [0.717, 1.165) is 41.8 Å².